The molecule has 0 saturated heterocycles. The van der Waals surface area contributed by atoms with Gasteiger partial charge in [0.15, 0.2) is 6.61 Å². The molecule has 0 aliphatic carbocycles. The van der Waals surface area contributed by atoms with Crippen molar-refractivity contribution in [3.05, 3.63) is 63.5 Å². The number of nitrogens with zero attached hydrogens (tertiary/aromatic N) is 1. The maximum absolute atomic E-state index is 12.2. The predicted octanol–water partition coefficient (Wildman–Crippen LogP) is 4.04. The number of amides is 1. The van der Waals surface area contributed by atoms with Crippen LogP contribution in [0.4, 0.5) is 5.69 Å². The molecule has 0 aliphatic rings. The Hall–Kier alpha value is -3.19. The van der Waals surface area contributed by atoms with E-state index in [9.17, 15) is 9.59 Å². The number of rotatable bonds is 4. The van der Waals surface area contributed by atoms with Gasteiger partial charge < -0.3 is 14.5 Å². The largest absolute Gasteiger partial charge is 0.484 e. The Balaban J connectivity index is 1.45. The second kappa shape index (κ2) is 6.85. The van der Waals surface area contributed by atoms with Gasteiger partial charge in [0, 0.05) is 23.2 Å². The van der Waals surface area contributed by atoms with Crippen LogP contribution in [0.15, 0.2) is 51.7 Å². The summed E-state index contributed by atoms with van der Waals surface area (Å²) in [6.07, 6.45) is 0. The number of nitrogens with one attached hydrogen (secondary N) is 1. The molecule has 7 heteroatoms. The summed E-state index contributed by atoms with van der Waals surface area (Å²) in [5.74, 6) is 0.182. The lowest BCUT2D eigenvalue weighted by molar-refractivity contribution is -0.118. The number of carbonyl (C=O) groups is 1. The third-order valence-electron chi connectivity index (χ3n) is 4.07. The monoisotopic (exact) mass is 380 g/mol. The van der Waals surface area contributed by atoms with Crippen LogP contribution in [0.1, 0.15) is 10.6 Å². The fourth-order valence-electron chi connectivity index (χ4n) is 2.86. The van der Waals surface area contributed by atoms with Crippen molar-refractivity contribution >= 4 is 44.1 Å². The molecule has 2 aromatic carbocycles. The van der Waals surface area contributed by atoms with Crippen LogP contribution in [0.2, 0.25) is 0 Å². The molecule has 6 nitrogen and oxygen atoms in total. The van der Waals surface area contributed by atoms with Gasteiger partial charge in [-0.3, -0.25) is 4.79 Å². The average molecular weight is 380 g/mol. The fourth-order valence-corrected chi connectivity index (χ4v) is 3.72. The van der Waals surface area contributed by atoms with Crippen molar-refractivity contribution in [3.8, 4) is 5.75 Å². The van der Waals surface area contributed by atoms with Gasteiger partial charge in [-0.05, 0) is 49.7 Å². The normalized spacial score (nSPS) is 11.0. The number of carbonyl (C=O) groups excluding carboxylic acids is 1. The van der Waals surface area contributed by atoms with Gasteiger partial charge in [-0.2, -0.15) is 0 Å². The number of benzene rings is 2. The molecule has 0 fully saturated rings. The first-order chi connectivity index (χ1) is 13.0. The van der Waals surface area contributed by atoms with E-state index < -0.39 is 5.63 Å². The number of thiazole rings is 1. The molecule has 136 valence electrons. The highest BCUT2D eigenvalue weighted by atomic mass is 32.1. The van der Waals surface area contributed by atoms with E-state index in [1.165, 1.54) is 6.07 Å². The van der Waals surface area contributed by atoms with E-state index in [-0.39, 0.29) is 12.5 Å². The predicted molar refractivity (Wildman–Crippen MR) is 106 cm³/mol. The highest BCUT2D eigenvalue weighted by Gasteiger charge is 2.08. The van der Waals surface area contributed by atoms with Crippen molar-refractivity contribution in [1.29, 1.82) is 0 Å². The Morgan fingerprint density at radius 2 is 2.04 bits per heavy atom. The molecule has 1 amide bonds. The van der Waals surface area contributed by atoms with Gasteiger partial charge in [0.25, 0.3) is 5.91 Å². The molecule has 0 radical (unpaired) electrons. The lowest BCUT2D eigenvalue weighted by Crippen LogP contribution is -2.20. The topological polar surface area (TPSA) is 81.4 Å². The molecule has 27 heavy (non-hydrogen) atoms. The number of anilines is 1. The summed E-state index contributed by atoms with van der Waals surface area (Å²) in [5, 5.41) is 4.62. The van der Waals surface area contributed by atoms with Crippen LogP contribution >= 0.6 is 11.3 Å². The van der Waals surface area contributed by atoms with Gasteiger partial charge in [0.2, 0.25) is 0 Å². The molecule has 2 aromatic heterocycles. The molecule has 4 rings (SSSR count). The van der Waals surface area contributed by atoms with Gasteiger partial charge >= 0.3 is 5.63 Å². The molecule has 0 atom stereocenters. The SMILES string of the molecule is Cc1nc2ccc(NC(=O)COc3ccc4c(C)cc(=O)oc4c3)cc2s1. The summed E-state index contributed by atoms with van der Waals surface area (Å²) in [7, 11) is 0. The van der Waals surface area contributed by atoms with Gasteiger partial charge in [0.1, 0.15) is 11.3 Å². The van der Waals surface area contributed by atoms with E-state index in [1.807, 2.05) is 32.0 Å². The zero-order valence-electron chi connectivity index (χ0n) is 14.7. The van der Waals surface area contributed by atoms with Crippen molar-refractivity contribution in [2.24, 2.45) is 0 Å². The quantitative estimate of drug-likeness (QED) is 0.541. The fraction of sp³-hybridized carbons (Fsp3) is 0.150. The number of fused-ring (bicyclic) bond motifs is 2. The third kappa shape index (κ3) is 3.68. The first-order valence-corrected chi connectivity index (χ1v) is 9.14. The van der Waals surface area contributed by atoms with Crippen LogP contribution in [0, 0.1) is 13.8 Å². The van der Waals surface area contributed by atoms with E-state index in [4.69, 9.17) is 9.15 Å². The standard InChI is InChI=1S/C20H16N2O4S/c1-11-7-20(24)26-17-9-14(4-5-15(11)17)25-10-19(23)22-13-3-6-16-18(8-13)27-12(2)21-16/h3-9H,10H2,1-2H3,(H,22,23). The highest BCUT2D eigenvalue weighted by Crippen LogP contribution is 2.25. The number of ether oxygens (including phenoxy) is 1. The van der Waals surface area contributed by atoms with Crippen molar-refractivity contribution in [2.45, 2.75) is 13.8 Å². The second-order valence-corrected chi connectivity index (χ2v) is 7.39. The summed E-state index contributed by atoms with van der Waals surface area (Å²) in [5.41, 5.74) is 2.46. The Morgan fingerprint density at radius 3 is 2.89 bits per heavy atom. The smallest absolute Gasteiger partial charge is 0.336 e. The zero-order chi connectivity index (χ0) is 19.0. The van der Waals surface area contributed by atoms with Crippen molar-refractivity contribution in [1.82, 2.24) is 4.98 Å². The Morgan fingerprint density at radius 1 is 1.19 bits per heavy atom. The average Bonchev–Trinajstić information content (AvgIpc) is 2.98. The Labute approximate surface area is 158 Å². The second-order valence-electron chi connectivity index (χ2n) is 6.16. The van der Waals surface area contributed by atoms with E-state index in [0.717, 1.165) is 26.2 Å². The van der Waals surface area contributed by atoms with Crippen LogP contribution in [-0.2, 0) is 4.79 Å². The minimum atomic E-state index is -0.413. The van der Waals surface area contributed by atoms with Crippen molar-refractivity contribution in [2.75, 3.05) is 11.9 Å². The van der Waals surface area contributed by atoms with Crippen molar-refractivity contribution < 1.29 is 13.9 Å². The zero-order valence-corrected chi connectivity index (χ0v) is 15.6. The van der Waals surface area contributed by atoms with E-state index in [1.54, 1.807) is 29.5 Å². The van der Waals surface area contributed by atoms with E-state index in [0.29, 0.717) is 17.0 Å². The van der Waals surface area contributed by atoms with Gasteiger partial charge in [0.05, 0.1) is 15.2 Å². The highest BCUT2D eigenvalue weighted by molar-refractivity contribution is 7.18. The van der Waals surface area contributed by atoms with Crippen molar-refractivity contribution in [3.63, 3.8) is 0 Å². The first kappa shape index (κ1) is 17.2. The molecule has 0 spiro atoms. The molecular formula is C20H16N2O4S. The van der Waals surface area contributed by atoms with Gasteiger partial charge in [-0.1, -0.05) is 0 Å². The third-order valence-corrected chi connectivity index (χ3v) is 5.01. The number of aromatic nitrogens is 1. The summed E-state index contributed by atoms with van der Waals surface area (Å²) in [6.45, 7) is 3.64. The maximum atomic E-state index is 12.2. The number of hydrogen-bond acceptors (Lipinski definition) is 6. The molecule has 0 unspecified atom stereocenters. The summed E-state index contributed by atoms with van der Waals surface area (Å²) >= 11 is 1.58. The summed E-state index contributed by atoms with van der Waals surface area (Å²) in [4.78, 5) is 28.1. The minimum absolute atomic E-state index is 0.151. The molecule has 0 saturated carbocycles. The Bertz CT molecular complexity index is 1230. The van der Waals surface area contributed by atoms with Gasteiger partial charge in [-0.25, -0.2) is 9.78 Å². The molecular weight excluding hydrogens is 364 g/mol. The molecule has 0 aliphatic heterocycles. The molecule has 0 bridgehead atoms. The first-order valence-electron chi connectivity index (χ1n) is 8.32. The number of hydrogen-bond donors (Lipinski definition) is 1. The van der Waals surface area contributed by atoms with Crippen LogP contribution in [0.5, 0.6) is 5.75 Å². The lowest BCUT2D eigenvalue weighted by Gasteiger charge is -2.08. The van der Waals surface area contributed by atoms with Gasteiger partial charge in [-0.15, -0.1) is 11.3 Å². The molecule has 2 heterocycles. The lowest BCUT2D eigenvalue weighted by atomic mass is 10.1. The van der Waals surface area contributed by atoms with Crippen LogP contribution in [0.25, 0.3) is 21.2 Å². The van der Waals surface area contributed by atoms with Crippen LogP contribution in [0.3, 0.4) is 0 Å². The van der Waals surface area contributed by atoms with Crippen LogP contribution in [-0.4, -0.2) is 17.5 Å². The maximum Gasteiger partial charge on any atom is 0.336 e. The van der Waals surface area contributed by atoms with E-state index >= 15 is 0 Å². The van der Waals surface area contributed by atoms with Crippen LogP contribution < -0.4 is 15.7 Å². The molecule has 1 N–H and O–H groups in total. The summed E-state index contributed by atoms with van der Waals surface area (Å²) < 4.78 is 11.7. The van der Waals surface area contributed by atoms with E-state index in [2.05, 4.69) is 10.3 Å². The molecule has 4 aromatic rings. The summed E-state index contributed by atoms with van der Waals surface area (Å²) in [6, 6.07) is 12.2. The Kier molecular flexibility index (Phi) is 4.37. The number of aryl methyl sites for hydroxylation is 2. The minimum Gasteiger partial charge on any atom is -0.484 e.